The summed E-state index contributed by atoms with van der Waals surface area (Å²) in [6.07, 6.45) is 2.71. The fourth-order valence-corrected chi connectivity index (χ4v) is 2.35. The summed E-state index contributed by atoms with van der Waals surface area (Å²) in [6.45, 7) is 0. The summed E-state index contributed by atoms with van der Waals surface area (Å²) in [4.78, 5) is 0. The van der Waals surface area contributed by atoms with Crippen LogP contribution in [-0.4, -0.2) is 10.2 Å². The molecule has 0 atom stereocenters. The van der Waals surface area contributed by atoms with Gasteiger partial charge in [-0.1, -0.05) is 48.5 Å². The van der Waals surface area contributed by atoms with Crippen LogP contribution in [0.15, 0.2) is 60.8 Å². The van der Waals surface area contributed by atoms with Gasteiger partial charge in [0.05, 0.1) is 6.20 Å². The maximum atomic E-state index is 5.16. The van der Waals surface area contributed by atoms with E-state index in [4.69, 9.17) is 5.73 Å². The van der Waals surface area contributed by atoms with Gasteiger partial charge < -0.3 is 5.73 Å². The second-order valence-electron chi connectivity index (χ2n) is 4.50. The molecular weight excluding hydrogens is 234 g/mol. The number of nitrogens with one attached hydrogen (secondary N) is 1. The molecule has 3 N–H and O–H groups in total. The van der Waals surface area contributed by atoms with Crippen molar-refractivity contribution in [1.82, 2.24) is 10.2 Å². The Bertz CT molecular complexity index is 628. The maximum absolute atomic E-state index is 5.16. The van der Waals surface area contributed by atoms with Crippen molar-refractivity contribution in [3.8, 4) is 11.1 Å². The maximum Gasteiger partial charge on any atom is 0.118 e. The Hall–Kier alpha value is -2.55. The third-order valence-electron chi connectivity index (χ3n) is 3.23. The van der Waals surface area contributed by atoms with Gasteiger partial charge in [0, 0.05) is 0 Å². The van der Waals surface area contributed by atoms with Crippen LogP contribution in [0.25, 0.3) is 11.1 Å². The highest BCUT2D eigenvalue weighted by Crippen LogP contribution is 2.35. The highest BCUT2D eigenvalue weighted by Gasteiger charge is 2.15. The van der Waals surface area contributed by atoms with Crippen LogP contribution in [-0.2, 0) is 6.42 Å². The highest BCUT2D eigenvalue weighted by molar-refractivity contribution is 5.76. The first-order valence-corrected chi connectivity index (χ1v) is 6.25. The molecule has 1 aliphatic rings. The second kappa shape index (κ2) is 4.98. The summed E-state index contributed by atoms with van der Waals surface area (Å²) in [5.41, 5.74) is 10.9. The van der Waals surface area contributed by atoms with Crippen LogP contribution < -0.4 is 5.73 Å². The van der Waals surface area contributed by atoms with Crippen molar-refractivity contribution in [3.05, 3.63) is 71.9 Å². The standard InChI is InChI=1S/C13H10.C3H5N3/c1-3-7-12-10(5-1)9-11-6-2-4-8-13(11)12;4-3-1-2-5-6-3/h1-8H,9H2;1-2H,(H3,4,5,6). The Balaban J connectivity index is 0.000000155. The van der Waals surface area contributed by atoms with Crippen molar-refractivity contribution in [2.45, 2.75) is 6.42 Å². The Morgan fingerprint density at radius 3 is 1.84 bits per heavy atom. The van der Waals surface area contributed by atoms with E-state index in [1.165, 1.54) is 22.3 Å². The average molecular weight is 249 g/mol. The molecule has 1 aliphatic carbocycles. The van der Waals surface area contributed by atoms with Gasteiger partial charge in [-0.25, -0.2) is 0 Å². The highest BCUT2D eigenvalue weighted by atomic mass is 15.1. The van der Waals surface area contributed by atoms with Crippen molar-refractivity contribution in [2.24, 2.45) is 0 Å². The fourth-order valence-electron chi connectivity index (χ4n) is 2.35. The second-order valence-corrected chi connectivity index (χ2v) is 4.50. The summed E-state index contributed by atoms with van der Waals surface area (Å²) >= 11 is 0. The molecule has 0 saturated carbocycles. The molecule has 0 amide bonds. The molecule has 4 rings (SSSR count). The van der Waals surface area contributed by atoms with Crippen molar-refractivity contribution < 1.29 is 0 Å². The van der Waals surface area contributed by atoms with E-state index in [2.05, 4.69) is 58.7 Å². The zero-order valence-electron chi connectivity index (χ0n) is 10.5. The Morgan fingerprint density at radius 2 is 1.42 bits per heavy atom. The number of nitrogens with two attached hydrogens (primary N) is 1. The molecule has 0 saturated heterocycles. The van der Waals surface area contributed by atoms with Gasteiger partial charge in [-0.2, -0.15) is 5.10 Å². The first-order chi connectivity index (χ1) is 9.34. The number of anilines is 1. The quantitative estimate of drug-likeness (QED) is 0.502. The molecule has 3 nitrogen and oxygen atoms in total. The number of fused-ring (bicyclic) bond motifs is 3. The van der Waals surface area contributed by atoms with E-state index in [9.17, 15) is 0 Å². The number of nitrogens with zero attached hydrogens (tertiary/aromatic N) is 1. The number of aromatic nitrogens is 2. The summed E-state index contributed by atoms with van der Waals surface area (Å²) < 4.78 is 0. The molecule has 1 heterocycles. The minimum absolute atomic E-state index is 0.606. The van der Waals surface area contributed by atoms with E-state index in [0.29, 0.717) is 5.82 Å². The Kier molecular flexibility index (Phi) is 3.02. The number of aromatic amines is 1. The molecule has 3 heteroatoms. The normalized spacial score (nSPS) is 11.2. The number of H-pyrrole nitrogens is 1. The first kappa shape index (κ1) is 11.5. The molecule has 0 unspecified atom stereocenters. The van der Waals surface area contributed by atoms with Crippen LogP contribution in [0.1, 0.15) is 11.1 Å². The number of benzene rings is 2. The van der Waals surface area contributed by atoms with Gasteiger partial charge in [0.15, 0.2) is 0 Å². The van der Waals surface area contributed by atoms with E-state index < -0.39 is 0 Å². The van der Waals surface area contributed by atoms with Crippen LogP contribution in [0, 0.1) is 0 Å². The minimum Gasteiger partial charge on any atom is -0.384 e. The van der Waals surface area contributed by atoms with Gasteiger partial charge in [0.2, 0.25) is 0 Å². The lowest BCUT2D eigenvalue weighted by molar-refractivity contribution is 1.10. The minimum atomic E-state index is 0.606. The predicted octanol–water partition coefficient (Wildman–Crippen LogP) is 3.25. The van der Waals surface area contributed by atoms with E-state index in [-0.39, 0.29) is 0 Å². The molecule has 0 bridgehead atoms. The predicted molar refractivity (Wildman–Crippen MR) is 77.7 cm³/mol. The van der Waals surface area contributed by atoms with E-state index >= 15 is 0 Å². The van der Waals surface area contributed by atoms with Gasteiger partial charge >= 0.3 is 0 Å². The van der Waals surface area contributed by atoms with E-state index in [1.807, 2.05) is 0 Å². The van der Waals surface area contributed by atoms with Gasteiger partial charge in [0.25, 0.3) is 0 Å². The lowest BCUT2D eigenvalue weighted by Gasteiger charge is -1.98. The molecule has 19 heavy (non-hydrogen) atoms. The smallest absolute Gasteiger partial charge is 0.118 e. The van der Waals surface area contributed by atoms with Crippen molar-refractivity contribution in [1.29, 1.82) is 0 Å². The van der Waals surface area contributed by atoms with Crippen molar-refractivity contribution in [2.75, 3.05) is 5.73 Å². The summed E-state index contributed by atoms with van der Waals surface area (Å²) in [7, 11) is 0. The van der Waals surface area contributed by atoms with Crippen LogP contribution >= 0.6 is 0 Å². The molecule has 2 aromatic carbocycles. The molecule has 1 aromatic heterocycles. The molecule has 94 valence electrons. The number of rotatable bonds is 0. The number of hydrogen-bond donors (Lipinski definition) is 2. The number of nitrogen functional groups attached to an aromatic ring is 1. The van der Waals surface area contributed by atoms with Crippen LogP contribution in [0.2, 0.25) is 0 Å². The zero-order valence-corrected chi connectivity index (χ0v) is 10.5. The molecule has 3 aromatic rings. The van der Waals surface area contributed by atoms with Gasteiger partial charge in [-0.15, -0.1) is 0 Å². The SMILES string of the molecule is Nc1ccn[nH]1.c1ccc2c(c1)Cc1ccccc1-2. The van der Waals surface area contributed by atoms with Gasteiger partial charge in [-0.3, -0.25) is 5.10 Å². The van der Waals surface area contributed by atoms with E-state index in [1.54, 1.807) is 12.3 Å². The summed E-state index contributed by atoms with van der Waals surface area (Å²) in [6, 6.07) is 19.0. The molecule has 0 spiro atoms. The van der Waals surface area contributed by atoms with Crippen LogP contribution in [0.4, 0.5) is 5.82 Å². The molecule has 0 fully saturated rings. The van der Waals surface area contributed by atoms with Gasteiger partial charge in [0.1, 0.15) is 5.82 Å². The largest absolute Gasteiger partial charge is 0.384 e. The van der Waals surface area contributed by atoms with E-state index in [0.717, 1.165) is 6.42 Å². The average Bonchev–Trinajstić information content (AvgIpc) is 3.06. The van der Waals surface area contributed by atoms with Crippen molar-refractivity contribution in [3.63, 3.8) is 0 Å². The Morgan fingerprint density at radius 1 is 0.842 bits per heavy atom. The van der Waals surface area contributed by atoms with Crippen LogP contribution in [0.3, 0.4) is 0 Å². The van der Waals surface area contributed by atoms with Crippen molar-refractivity contribution >= 4 is 5.82 Å². The summed E-state index contributed by atoms with van der Waals surface area (Å²) in [5.74, 6) is 0.606. The lowest BCUT2D eigenvalue weighted by atomic mass is 10.1. The Labute approximate surface area is 112 Å². The molecule has 0 radical (unpaired) electrons. The van der Waals surface area contributed by atoms with Crippen LogP contribution in [0.5, 0.6) is 0 Å². The fraction of sp³-hybridized carbons (Fsp3) is 0.0625. The molecule has 0 aliphatic heterocycles. The first-order valence-electron chi connectivity index (χ1n) is 6.25. The topological polar surface area (TPSA) is 54.7 Å². The third-order valence-corrected chi connectivity index (χ3v) is 3.23. The lowest BCUT2D eigenvalue weighted by Crippen LogP contribution is -1.81. The van der Waals surface area contributed by atoms with Gasteiger partial charge in [-0.05, 0) is 34.7 Å². The third kappa shape index (κ3) is 2.36. The summed E-state index contributed by atoms with van der Waals surface area (Å²) in [5, 5.41) is 6.10. The molecular formula is C16H15N3. The monoisotopic (exact) mass is 249 g/mol. The number of hydrogen-bond acceptors (Lipinski definition) is 2. The zero-order chi connectivity index (χ0) is 13.1.